The van der Waals surface area contributed by atoms with Gasteiger partial charge in [-0.3, -0.25) is 19.5 Å². The summed E-state index contributed by atoms with van der Waals surface area (Å²) in [6.45, 7) is 1.48. The third kappa shape index (κ3) is 3.70. The SMILES string of the molecule is CC(=O)N(c1ccc(C(=O)Nc2ccccc2N)cc1)c1cccnc1. The van der Waals surface area contributed by atoms with Crippen molar-refractivity contribution < 1.29 is 9.59 Å². The lowest BCUT2D eigenvalue weighted by Gasteiger charge is -2.21. The number of amides is 2. The highest BCUT2D eigenvalue weighted by atomic mass is 16.2. The van der Waals surface area contributed by atoms with Crippen LogP contribution in [0.2, 0.25) is 0 Å². The lowest BCUT2D eigenvalue weighted by atomic mass is 10.1. The molecule has 6 nitrogen and oxygen atoms in total. The van der Waals surface area contributed by atoms with Gasteiger partial charge in [0.1, 0.15) is 0 Å². The van der Waals surface area contributed by atoms with Gasteiger partial charge in [0.05, 0.1) is 23.3 Å². The number of nitrogens with two attached hydrogens (primary N) is 1. The van der Waals surface area contributed by atoms with Crippen LogP contribution in [0.15, 0.2) is 73.1 Å². The van der Waals surface area contributed by atoms with Crippen molar-refractivity contribution in [2.24, 2.45) is 0 Å². The predicted octanol–water partition coefficient (Wildman–Crippen LogP) is 3.60. The summed E-state index contributed by atoms with van der Waals surface area (Å²) in [5, 5.41) is 2.78. The van der Waals surface area contributed by atoms with Crippen LogP contribution in [-0.4, -0.2) is 16.8 Å². The van der Waals surface area contributed by atoms with Crippen LogP contribution < -0.4 is 16.0 Å². The van der Waals surface area contributed by atoms with E-state index in [-0.39, 0.29) is 11.8 Å². The second-order valence-electron chi connectivity index (χ2n) is 5.65. The average Bonchev–Trinajstić information content (AvgIpc) is 2.65. The highest BCUT2D eigenvalue weighted by Gasteiger charge is 2.15. The number of carbonyl (C=O) groups is 2. The largest absolute Gasteiger partial charge is 0.397 e. The number of para-hydroxylation sites is 2. The first-order valence-corrected chi connectivity index (χ1v) is 8.03. The van der Waals surface area contributed by atoms with Crippen LogP contribution >= 0.6 is 0 Å². The van der Waals surface area contributed by atoms with Crippen molar-refractivity contribution in [2.45, 2.75) is 6.92 Å². The van der Waals surface area contributed by atoms with E-state index in [1.807, 2.05) is 0 Å². The van der Waals surface area contributed by atoms with Crippen LogP contribution in [0.5, 0.6) is 0 Å². The minimum Gasteiger partial charge on any atom is -0.397 e. The van der Waals surface area contributed by atoms with Gasteiger partial charge in [0, 0.05) is 24.4 Å². The Kier molecular flexibility index (Phi) is 4.94. The molecular weight excluding hydrogens is 328 g/mol. The number of hydrogen-bond donors (Lipinski definition) is 2. The number of nitrogens with one attached hydrogen (secondary N) is 1. The van der Waals surface area contributed by atoms with E-state index in [1.54, 1.807) is 73.1 Å². The first-order valence-electron chi connectivity index (χ1n) is 8.03. The summed E-state index contributed by atoms with van der Waals surface area (Å²) < 4.78 is 0. The summed E-state index contributed by atoms with van der Waals surface area (Å²) in [7, 11) is 0. The summed E-state index contributed by atoms with van der Waals surface area (Å²) in [6, 6.07) is 17.4. The lowest BCUT2D eigenvalue weighted by Crippen LogP contribution is -2.23. The Hall–Kier alpha value is -3.67. The molecule has 0 atom stereocenters. The van der Waals surface area contributed by atoms with Gasteiger partial charge < -0.3 is 11.1 Å². The third-order valence-corrected chi connectivity index (χ3v) is 3.82. The van der Waals surface area contributed by atoms with Gasteiger partial charge in [0.15, 0.2) is 0 Å². The van der Waals surface area contributed by atoms with Gasteiger partial charge in [-0.15, -0.1) is 0 Å². The Labute approximate surface area is 151 Å². The Morgan fingerprint density at radius 1 is 0.962 bits per heavy atom. The van der Waals surface area contributed by atoms with E-state index in [0.717, 1.165) is 0 Å². The highest BCUT2D eigenvalue weighted by molar-refractivity contribution is 6.06. The second kappa shape index (κ2) is 7.48. The zero-order valence-electron chi connectivity index (χ0n) is 14.2. The summed E-state index contributed by atoms with van der Waals surface area (Å²) in [5.41, 5.74) is 8.68. The van der Waals surface area contributed by atoms with E-state index < -0.39 is 0 Å². The van der Waals surface area contributed by atoms with Gasteiger partial charge in [-0.2, -0.15) is 0 Å². The molecule has 0 unspecified atom stereocenters. The van der Waals surface area contributed by atoms with Gasteiger partial charge in [-0.25, -0.2) is 0 Å². The highest BCUT2D eigenvalue weighted by Crippen LogP contribution is 2.25. The number of aromatic nitrogens is 1. The zero-order chi connectivity index (χ0) is 18.5. The van der Waals surface area contributed by atoms with Crippen molar-refractivity contribution in [3.05, 3.63) is 78.6 Å². The molecule has 0 aliphatic heterocycles. The molecule has 3 aromatic rings. The Balaban J connectivity index is 1.82. The van der Waals surface area contributed by atoms with E-state index in [1.165, 1.54) is 11.8 Å². The molecular formula is C20H18N4O2. The standard InChI is InChI=1S/C20H18N4O2/c1-14(25)24(17-5-4-12-22-13-17)16-10-8-15(9-11-16)20(26)23-19-7-3-2-6-18(19)21/h2-13H,21H2,1H3,(H,23,26). The fraction of sp³-hybridized carbons (Fsp3) is 0.0500. The molecule has 1 aromatic heterocycles. The Morgan fingerprint density at radius 3 is 2.31 bits per heavy atom. The smallest absolute Gasteiger partial charge is 0.255 e. The van der Waals surface area contributed by atoms with E-state index in [9.17, 15) is 9.59 Å². The molecule has 0 aliphatic carbocycles. The van der Waals surface area contributed by atoms with E-state index in [4.69, 9.17) is 5.73 Å². The molecule has 2 aromatic carbocycles. The van der Waals surface area contributed by atoms with Crippen LogP contribution in [0, 0.1) is 0 Å². The number of rotatable bonds is 4. The number of carbonyl (C=O) groups excluding carboxylic acids is 2. The molecule has 0 spiro atoms. The maximum absolute atomic E-state index is 12.4. The van der Waals surface area contributed by atoms with Crippen molar-refractivity contribution in [1.82, 2.24) is 4.98 Å². The number of anilines is 4. The number of nitrogens with zero attached hydrogens (tertiary/aromatic N) is 2. The minimum atomic E-state index is -0.273. The number of pyridine rings is 1. The third-order valence-electron chi connectivity index (χ3n) is 3.82. The van der Waals surface area contributed by atoms with Gasteiger partial charge in [-0.05, 0) is 48.5 Å². The maximum atomic E-state index is 12.4. The first kappa shape index (κ1) is 17.2. The first-order chi connectivity index (χ1) is 12.6. The monoisotopic (exact) mass is 346 g/mol. The molecule has 1 heterocycles. The molecule has 0 aliphatic rings. The minimum absolute atomic E-state index is 0.146. The van der Waals surface area contributed by atoms with Crippen molar-refractivity contribution in [2.75, 3.05) is 16.0 Å². The fourth-order valence-corrected chi connectivity index (χ4v) is 2.57. The van der Waals surface area contributed by atoms with Gasteiger partial charge in [0.2, 0.25) is 5.91 Å². The summed E-state index contributed by atoms with van der Waals surface area (Å²) in [6.07, 6.45) is 3.25. The summed E-state index contributed by atoms with van der Waals surface area (Å²) in [5.74, 6) is -0.419. The Bertz CT molecular complexity index is 924. The normalized spacial score (nSPS) is 10.2. The van der Waals surface area contributed by atoms with E-state index in [0.29, 0.717) is 28.3 Å². The second-order valence-corrected chi connectivity index (χ2v) is 5.65. The zero-order valence-corrected chi connectivity index (χ0v) is 14.2. The molecule has 26 heavy (non-hydrogen) atoms. The molecule has 0 bridgehead atoms. The molecule has 0 radical (unpaired) electrons. The number of nitrogen functional groups attached to an aromatic ring is 1. The van der Waals surface area contributed by atoms with Crippen LogP contribution in [0.1, 0.15) is 17.3 Å². The van der Waals surface area contributed by atoms with Crippen molar-refractivity contribution in [3.8, 4) is 0 Å². The van der Waals surface area contributed by atoms with Crippen LogP contribution in [0.3, 0.4) is 0 Å². The molecule has 2 amide bonds. The van der Waals surface area contributed by atoms with Crippen LogP contribution in [0.4, 0.5) is 22.7 Å². The van der Waals surface area contributed by atoms with Gasteiger partial charge in [-0.1, -0.05) is 12.1 Å². The molecule has 0 saturated heterocycles. The lowest BCUT2D eigenvalue weighted by molar-refractivity contribution is -0.115. The number of hydrogen-bond acceptors (Lipinski definition) is 4. The van der Waals surface area contributed by atoms with Crippen molar-refractivity contribution in [1.29, 1.82) is 0 Å². The van der Waals surface area contributed by atoms with Crippen molar-refractivity contribution in [3.63, 3.8) is 0 Å². The molecule has 3 N–H and O–H groups in total. The topological polar surface area (TPSA) is 88.3 Å². The van der Waals surface area contributed by atoms with Gasteiger partial charge in [0.25, 0.3) is 5.91 Å². The summed E-state index contributed by atoms with van der Waals surface area (Å²) in [4.78, 5) is 30.0. The number of benzene rings is 2. The van der Waals surface area contributed by atoms with Crippen LogP contribution in [0.25, 0.3) is 0 Å². The average molecular weight is 346 g/mol. The summed E-state index contributed by atoms with van der Waals surface area (Å²) >= 11 is 0. The Morgan fingerprint density at radius 2 is 1.69 bits per heavy atom. The molecule has 0 fully saturated rings. The molecule has 0 saturated carbocycles. The predicted molar refractivity (Wildman–Crippen MR) is 102 cm³/mol. The van der Waals surface area contributed by atoms with E-state index in [2.05, 4.69) is 10.3 Å². The van der Waals surface area contributed by atoms with Crippen LogP contribution in [-0.2, 0) is 4.79 Å². The fourth-order valence-electron chi connectivity index (χ4n) is 2.57. The quantitative estimate of drug-likeness (QED) is 0.707. The van der Waals surface area contributed by atoms with Crippen molar-refractivity contribution >= 4 is 34.6 Å². The molecule has 3 rings (SSSR count). The molecule has 130 valence electrons. The van der Waals surface area contributed by atoms with E-state index >= 15 is 0 Å². The molecule has 6 heteroatoms. The maximum Gasteiger partial charge on any atom is 0.255 e. The van der Waals surface area contributed by atoms with Gasteiger partial charge >= 0.3 is 0 Å².